The summed E-state index contributed by atoms with van der Waals surface area (Å²) in [6.45, 7) is 1.85. The first-order chi connectivity index (χ1) is 14.7. The largest absolute Gasteiger partial charge is 0.321 e. The molecule has 2 aromatic carbocycles. The number of amides is 1. The second-order valence-corrected chi connectivity index (χ2v) is 6.62. The Morgan fingerprint density at radius 3 is 2.50 bits per heavy atom. The first-order valence-corrected chi connectivity index (χ1v) is 9.26. The van der Waals surface area contributed by atoms with Crippen LogP contribution in [0.1, 0.15) is 16.3 Å². The van der Waals surface area contributed by atoms with Crippen molar-refractivity contribution in [2.45, 2.75) is 6.92 Å². The highest BCUT2D eigenvalue weighted by Crippen LogP contribution is 2.20. The fraction of sp³-hybridized carbons (Fsp3) is 0.0476. The minimum absolute atomic E-state index is 0.234. The minimum Gasteiger partial charge on any atom is -0.321 e. The summed E-state index contributed by atoms with van der Waals surface area (Å²) >= 11 is 0. The Hall–Kier alpha value is -4.40. The highest BCUT2D eigenvalue weighted by atomic mass is 16.2. The van der Waals surface area contributed by atoms with E-state index >= 15 is 0 Å². The predicted octanol–water partition coefficient (Wildman–Crippen LogP) is 2.93. The smallest absolute Gasteiger partial charge is 0.277 e. The van der Waals surface area contributed by atoms with Crippen molar-refractivity contribution in [3.8, 4) is 16.9 Å². The number of rotatable bonds is 4. The van der Waals surface area contributed by atoms with Crippen LogP contribution in [0.3, 0.4) is 0 Å². The van der Waals surface area contributed by atoms with Crippen LogP contribution in [0.4, 0.5) is 5.69 Å². The molecule has 0 aliphatic carbocycles. The van der Waals surface area contributed by atoms with E-state index in [4.69, 9.17) is 0 Å². The lowest BCUT2D eigenvalue weighted by Gasteiger charge is -2.05. The van der Waals surface area contributed by atoms with Crippen molar-refractivity contribution in [1.82, 2.24) is 34.8 Å². The third-order valence-electron chi connectivity index (χ3n) is 4.57. The van der Waals surface area contributed by atoms with Crippen LogP contribution < -0.4 is 5.32 Å². The SMILES string of the molecule is Cc1nnc2ccc(-c3ccc(NC(=O)c4cnn(-c5ccccc5)n4)cc3)nn12. The Kier molecular flexibility index (Phi) is 4.25. The number of nitrogens with zero attached hydrogens (tertiary/aromatic N) is 7. The molecule has 30 heavy (non-hydrogen) atoms. The highest BCUT2D eigenvalue weighted by molar-refractivity contribution is 6.02. The zero-order chi connectivity index (χ0) is 20.5. The quantitative estimate of drug-likeness (QED) is 0.501. The monoisotopic (exact) mass is 396 g/mol. The number of para-hydroxylation sites is 1. The summed E-state index contributed by atoms with van der Waals surface area (Å²) in [6, 6.07) is 20.6. The molecule has 5 rings (SSSR count). The Morgan fingerprint density at radius 2 is 1.70 bits per heavy atom. The lowest BCUT2D eigenvalue weighted by Crippen LogP contribution is -2.13. The summed E-state index contributed by atoms with van der Waals surface area (Å²) in [4.78, 5) is 13.9. The molecule has 0 saturated heterocycles. The van der Waals surface area contributed by atoms with Gasteiger partial charge in [-0.3, -0.25) is 4.79 Å². The third kappa shape index (κ3) is 3.28. The Balaban J connectivity index is 1.32. The topological polar surface area (TPSA) is 103 Å². The Morgan fingerprint density at radius 1 is 0.900 bits per heavy atom. The van der Waals surface area contributed by atoms with Crippen molar-refractivity contribution in [1.29, 1.82) is 0 Å². The van der Waals surface area contributed by atoms with Crippen LogP contribution in [-0.2, 0) is 0 Å². The van der Waals surface area contributed by atoms with E-state index in [-0.39, 0.29) is 11.6 Å². The molecule has 0 saturated carbocycles. The number of aromatic nitrogens is 7. The van der Waals surface area contributed by atoms with Crippen molar-refractivity contribution >= 4 is 17.2 Å². The molecule has 5 aromatic rings. The molecule has 1 amide bonds. The molecule has 0 unspecified atom stereocenters. The van der Waals surface area contributed by atoms with Crippen LogP contribution in [-0.4, -0.2) is 40.7 Å². The molecule has 0 aliphatic rings. The second kappa shape index (κ2) is 7.21. The van der Waals surface area contributed by atoms with Gasteiger partial charge in [0.25, 0.3) is 5.91 Å². The summed E-state index contributed by atoms with van der Waals surface area (Å²) in [5.74, 6) is 0.392. The van der Waals surface area contributed by atoms with Crippen molar-refractivity contribution in [3.63, 3.8) is 0 Å². The van der Waals surface area contributed by atoms with Gasteiger partial charge in [0, 0.05) is 11.3 Å². The summed E-state index contributed by atoms with van der Waals surface area (Å²) in [7, 11) is 0. The van der Waals surface area contributed by atoms with E-state index in [2.05, 4.69) is 30.8 Å². The molecule has 3 heterocycles. The van der Waals surface area contributed by atoms with Crippen molar-refractivity contribution in [3.05, 3.63) is 84.4 Å². The number of fused-ring (bicyclic) bond motifs is 1. The van der Waals surface area contributed by atoms with Crippen LogP contribution in [0.5, 0.6) is 0 Å². The normalized spacial score (nSPS) is 11.0. The van der Waals surface area contributed by atoms with E-state index in [0.29, 0.717) is 11.3 Å². The van der Waals surface area contributed by atoms with Crippen molar-refractivity contribution in [2.75, 3.05) is 5.32 Å². The van der Waals surface area contributed by atoms with Gasteiger partial charge < -0.3 is 5.32 Å². The van der Waals surface area contributed by atoms with E-state index in [0.717, 1.165) is 22.8 Å². The maximum atomic E-state index is 12.5. The lowest BCUT2D eigenvalue weighted by molar-refractivity contribution is 0.102. The van der Waals surface area contributed by atoms with E-state index < -0.39 is 0 Å². The number of hydrogen-bond donors (Lipinski definition) is 1. The van der Waals surface area contributed by atoms with Gasteiger partial charge in [0.1, 0.15) is 0 Å². The van der Waals surface area contributed by atoms with E-state index in [1.807, 2.05) is 73.7 Å². The van der Waals surface area contributed by atoms with Gasteiger partial charge in [-0.25, -0.2) is 0 Å². The summed E-state index contributed by atoms with van der Waals surface area (Å²) in [6.07, 6.45) is 1.44. The standard InChI is InChI=1S/C21H16N8O/c1-14-24-25-20-12-11-18(26-28(14)20)15-7-9-16(10-8-15)23-21(30)19-13-22-29(27-19)17-5-3-2-4-6-17/h2-13H,1H3,(H,23,30). The predicted molar refractivity (Wildman–Crippen MR) is 110 cm³/mol. The fourth-order valence-corrected chi connectivity index (χ4v) is 3.02. The fourth-order valence-electron chi connectivity index (χ4n) is 3.02. The molecule has 0 aliphatic heterocycles. The van der Waals surface area contributed by atoms with Gasteiger partial charge in [-0.1, -0.05) is 30.3 Å². The van der Waals surface area contributed by atoms with Gasteiger partial charge in [-0.2, -0.15) is 19.5 Å². The number of hydrogen-bond acceptors (Lipinski definition) is 6. The number of aryl methyl sites for hydroxylation is 1. The zero-order valence-corrected chi connectivity index (χ0v) is 16.0. The number of carbonyl (C=O) groups excluding carboxylic acids is 1. The average molecular weight is 396 g/mol. The van der Waals surface area contributed by atoms with Crippen LogP contribution in [0.25, 0.3) is 22.6 Å². The van der Waals surface area contributed by atoms with E-state index in [1.165, 1.54) is 11.0 Å². The third-order valence-corrected chi connectivity index (χ3v) is 4.57. The molecule has 0 fully saturated rings. The molecular weight excluding hydrogens is 380 g/mol. The number of anilines is 1. The second-order valence-electron chi connectivity index (χ2n) is 6.62. The molecule has 0 radical (unpaired) electrons. The van der Waals surface area contributed by atoms with Crippen LogP contribution in [0.2, 0.25) is 0 Å². The number of carbonyl (C=O) groups is 1. The summed E-state index contributed by atoms with van der Waals surface area (Å²) in [5, 5.41) is 23.8. The van der Waals surface area contributed by atoms with Gasteiger partial charge in [-0.15, -0.1) is 15.3 Å². The van der Waals surface area contributed by atoms with Gasteiger partial charge in [0.15, 0.2) is 17.2 Å². The molecule has 9 nitrogen and oxygen atoms in total. The van der Waals surface area contributed by atoms with E-state index in [1.54, 1.807) is 4.52 Å². The maximum Gasteiger partial charge on any atom is 0.277 e. The Bertz CT molecular complexity index is 1340. The molecule has 1 N–H and O–H groups in total. The van der Waals surface area contributed by atoms with Gasteiger partial charge >= 0.3 is 0 Å². The molecule has 3 aromatic heterocycles. The molecule has 9 heteroatoms. The minimum atomic E-state index is -0.329. The molecule has 146 valence electrons. The lowest BCUT2D eigenvalue weighted by atomic mass is 10.1. The summed E-state index contributed by atoms with van der Waals surface area (Å²) in [5.41, 5.74) is 4.07. The molecule has 0 atom stereocenters. The Labute approximate surface area is 171 Å². The average Bonchev–Trinajstić information content (AvgIpc) is 3.42. The number of benzene rings is 2. The van der Waals surface area contributed by atoms with Crippen molar-refractivity contribution in [2.24, 2.45) is 0 Å². The van der Waals surface area contributed by atoms with Gasteiger partial charge in [0.05, 0.1) is 17.6 Å². The van der Waals surface area contributed by atoms with Gasteiger partial charge in [0.2, 0.25) is 0 Å². The number of nitrogens with one attached hydrogen (secondary N) is 1. The molecule has 0 bridgehead atoms. The van der Waals surface area contributed by atoms with Gasteiger partial charge in [-0.05, 0) is 43.3 Å². The molecule has 0 spiro atoms. The van der Waals surface area contributed by atoms with Crippen LogP contribution in [0.15, 0.2) is 72.9 Å². The zero-order valence-electron chi connectivity index (χ0n) is 16.0. The first kappa shape index (κ1) is 17.7. The summed E-state index contributed by atoms with van der Waals surface area (Å²) < 4.78 is 1.70. The van der Waals surface area contributed by atoms with Crippen LogP contribution in [0, 0.1) is 6.92 Å². The maximum absolute atomic E-state index is 12.5. The first-order valence-electron chi connectivity index (χ1n) is 9.26. The van der Waals surface area contributed by atoms with Crippen molar-refractivity contribution < 1.29 is 4.79 Å². The van der Waals surface area contributed by atoms with E-state index in [9.17, 15) is 4.79 Å². The highest BCUT2D eigenvalue weighted by Gasteiger charge is 2.12. The molecular formula is C21H16N8O. The van der Waals surface area contributed by atoms with Crippen LogP contribution >= 0.6 is 0 Å².